The van der Waals surface area contributed by atoms with Gasteiger partial charge in [-0.2, -0.15) is 0 Å². The lowest BCUT2D eigenvalue weighted by atomic mass is 10.0. The number of benzene rings is 2. The fourth-order valence-electron chi connectivity index (χ4n) is 3.54. The molecule has 0 aliphatic carbocycles. The summed E-state index contributed by atoms with van der Waals surface area (Å²) in [6.45, 7) is 2.55. The third kappa shape index (κ3) is 5.95. The number of hydrogen-bond acceptors (Lipinski definition) is 5. The van der Waals surface area contributed by atoms with Gasteiger partial charge in [0.2, 0.25) is 10.0 Å². The smallest absolute Gasteiger partial charge is 0.209 e. The minimum absolute atomic E-state index is 0.106. The molecule has 1 aliphatic rings. The molecule has 0 radical (unpaired) electrons. The normalized spacial score (nSPS) is 18.7. The molecule has 152 valence electrons. The van der Waals surface area contributed by atoms with Gasteiger partial charge in [-0.05, 0) is 30.5 Å². The largest absolute Gasteiger partial charge is 0.493 e. The van der Waals surface area contributed by atoms with Crippen LogP contribution in [-0.4, -0.2) is 52.4 Å². The summed E-state index contributed by atoms with van der Waals surface area (Å²) in [5.41, 5.74) is 0.981. The quantitative estimate of drug-likeness (QED) is 0.696. The predicted molar refractivity (Wildman–Crippen MR) is 110 cm³/mol. The van der Waals surface area contributed by atoms with E-state index in [1.54, 1.807) is 7.11 Å². The summed E-state index contributed by atoms with van der Waals surface area (Å²) in [5, 5.41) is 0. The standard InChI is InChI=1S/C21H28N2O4S/c1-26-20-10-6-7-11-21(20)27-18-12-14-23(16-18)15-13-19(22-28(2,24)25)17-8-4-3-5-9-17/h3-11,18-19,22H,12-16H2,1-2H3. The summed E-state index contributed by atoms with van der Waals surface area (Å²) in [5.74, 6) is 1.50. The van der Waals surface area contributed by atoms with Crippen molar-refractivity contribution < 1.29 is 17.9 Å². The molecule has 0 amide bonds. The molecule has 6 nitrogen and oxygen atoms in total. The van der Waals surface area contributed by atoms with Crippen LogP contribution >= 0.6 is 0 Å². The molecule has 1 N–H and O–H groups in total. The second-order valence-corrected chi connectivity index (χ2v) is 8.90. The lowest BCUT2D eigenvalue weighted by molar-refractivity contribution is 0.191. The number of rotatable bonds is 9. The van der Waals surface area contributed by atoms with Crippen molar-refractivity contribution in [1.82, 2.24) is 9.62 Å². The van der Waals surface area contributed by atoms with Gasteiger partial charge in [0.25, 0.3) is 0 Å². The van der Waals surface area contributed by atoms with Gasteiger partial charge in [0.1, 0.15) is 6.10 Å². The highest BCUT2D eigenvalue weighted by molar-refractivity contribution is 7.88. The van der Waals surface area contributed by atoms with Gasteiger partial charge >= 0.3 is 0 Å². The molecule has 2 aromatic rings. The van der Waals surface area contributed by atoms with Crippen LogP contribution in [0.5, 0.6) is 11.5 Å². The van der Waals surface area contributed by atoms with Crippen LogP contribution in [0.4, 0.5) is 0 Å². The number of para-hydroxylation sites is 2. The Morgan fingerprint density at radius 1 is 1.11 bits per heavy atom. The minimum atomic E-state index is -3.28. The average molecular weight is 405 g/mol. The second kappa shape index (κ2) is 9.41. The van der Waals surface area contributed by atoms with Crippen LogP contribution in [0.2, 0.25) is 0 Å². The topological polar surface area (TPSA) is 67.9 Å². The Morgan fingerprint density at radius 2 is 1.79 bits per heavy atom. The fraction of sp³-hybridized carbons (Fsp3) is 0.429. The molecule has 2 unspecified atom stereocenters. The molecule has 0 saturated carbocycles. The maximum absolute atomic E-state index is 11.8. The zero-order valence-corrected chi connectivity index (χ0v) is 17.2. The van der Waals surface area contributed by atoms with Crippen LogP contribution in [0.1, 0.15) is 24.4 Å². The molecule has 28 heavy (non-hydrogen) atoms. The third-order valence-corrected chi connectivity index (χ3v) is 5.60. The number of ether oxygens (including phenoxy) is 2. The van der Waals surface area contributed by atoms with E-state index in [2.05, 4.69) is 9.62 Å². The van der Waals surface area contributed by atoms with Crippen molar-refractivity contribution in [3.05, 3.63) is 60.2 Å². The molecule has 1 heterocycles. The molecule has 0 spiro atoms. The first-order chi connectivity index (χ1) is 13.4. The number of likely N-dealkylation sites (tertiary alicyclic amines) is 1. The molecule has 2 aromatic carbocycles. The van der Waals surface area contributed by atoms with E-state index in [0.717, 1.165) is 43.1 Å². The molecule has 0 aromatic heterocycles. The summed E-state index contributed by atoms with van der Waals surface area (Å²) < 4.78 is 37.8. The van der Waals surface area contributed by atoms with E-state index in [9.17, 15) is 8.42 Å². The molecule has 7 heteroatoms. The number of methoxy groups -OCH3 is 1. The zero-order valence-electron chi connectivity index (χ0n) is 16.4. The third-order valence-electron chi connectivity index (χ3n) is 4.88. The van der Waals surface area contributed by atoms with E-state index in [1.807, 2.05) is 54.6 Å². The molecule has 2 atom stereocenters. The van der Waals surface area contributed by atoms with E-state index in [-0.39, 0.29) is 12.1 Å². The van der Waals surface area contributed by atoms with Crippen LogP contribution in [-0.2, 0) is 10.0 Å². The Morgan fingerprint density at radius 3 is 2.46 bits per heavy atom. The van der Waals surface area contributed by atoms with Gasteiger partial charge in [-0.25, -0.2) is 13.1 Å². The van der Waals surface area contributed by atoms with Crippen molar-refractivity contribution >= 4 is 10.0 Å². The highest BCUT2D eigenvalue weighted by Gasteiger charge is 2.26. The van der Waals surface area contributed by atoms with E-state index in [4.69, 9.17) is 9.47 Å². The first-order valence-electron chi connectivity index (χ1n) is 9.49. The lowest BCUT2D eigenvalue weighted by Crippen LogP contribution is -2.32. The summed E-state index contributed by atoms with van der Waals surface area (Å²) >= 11 is 0. The van der Waals surface area contributed by atoms with E-state index >= 15 is 0 Å². The molecule has 1 aliphatic heterocycles. The fourth-order valence-corrected chi connectivity index (χ4v) is 4.31. The molecule has 1 fully saturated rings. The van der Waals surface area contributed by atoms with Crippen molar-refractivity contribution in [2.75, 3.05) is 33.0 Å². The number of nitrogens with one attached hydrogen (secondary N) is 1. The number of hydrogen-bond donors (Lipinski definition) is 1. The minimum Gasteiger partial charge on any atom is -0.493 e. The van der Waals surface area contributed by atoms with Crippen LogP contribution in [0.15, 0.2) is 54.6 Å². The maximum atomic E-state index is 11.8. The average Bonchev–Trinajstić information content (AvgIpc) is 3.13. The van der Waals surface area contributed by atoms with Crippen molar-refractivity contribution in [3.63, 3.8) is 0 Å². The van der Waals surface area contributed by atoms with Crippen LogP contribution < -0.4 is 14.2 Å². The van der Waals surface area contributed by atoms with Gasteiger partial charge in [-0.3, -0.25) is 4.90 Å². The van der Waals surface area contributed by atoms with Crippen molar-refractivity contribution in [2.45, 2.75) is 25.0 Å². The van der Waals surface area contributed by atoms with Gasteiger partial charge < -0.3 is 9.47 Å². The Kier molecular flexibility index (Phi) is 6.93. The van der Waals surface area contributed by atoms with Crippen LogP contribution in [0, 0.1) is 0 Å². The highest BCUT2D eigenvalue weighted by Crippen LogP contribution is 2.29. The van der Waals surface area contributed by atoms with Crippen LogP contribution in [0.3, 0.4) is 0 Å². The summed E-state index contributed by atoms with van der Waals surface area (Å²) in [6, 6.07) is 17.1. The molecule has 0 bridgehead atoms. The zero-order chi connectivity index (χ0) is 20.0. The van der Waals surface area contributed by atoms with Crippen molar-refractivity contribution in [1.29, 1.82) is 0 Å². The van der Waals surface area contributed by atoms with Gasteiger partial charge in [0, 0.05) is 25.7 Å². The molecular weight excluding hydrogens is 376 g/mol. The first kappa shape index (κ1) is 20.6. The van der Waals surface area contributed by atoms with Gasteiger partial charge in [-0.1, -0.05) is 42.5 Å². The second-order valence-electron chi connectivity index (χ2n) is 7.12. The molecule has 1 saturated heterocycles. The number of nitrogens with zero attached hydrogens (tertiary/aromatic N) is 1. The van der Waals surface area contributed by atoms with E-state index in [1.165, 1.54) is 6.26 Å². The Balaban J connectivity index is 1.56. The van der Waals surface area contributed by atoms with Crippen molar-refractivity contribution in [2.24, 2.45) is 0 Å². The lowest BCUT2D eigenvalue weighted by Gasteiger charge is -2.22. The van der Waals surface area contributed by atoms with E-state index < -0.39 is 10.0 Å². The van der Waals surface area contributed by atoms with Crippen molar-refractivity contribution in [3.8, 4) is 11.5 Å². The number of sulfonamides is 1. The monoisotopic (exact) mass is 404 g/mol. The SMILES string of the molecule is COc1ccccc1OC1CCN(CCC(NS(C)(=O)=O)c2ccccc2)C1. The summed E-state index contributed by atoms with van der Waals surface area (Å²) in [6.07, 6.45) is 2.96. The maximum Gasteiger partial charge on any atom is 0.209 e. The van der Waals surface area contributed by atoms with Crippen LogP contribution in [0.25, 0.3) is 0 Å². The Hall–Kier alpha value is -2.09. The summed E-state index contributed by atoms with van der Waals surface area (Å²) in [7, 11) is -1.64. The van der Waals surface area contributed by atoms with E-state index in [0.29, 0.717) is 6.42 Å². The molecule has 3 rings (SSSR count). The van der Waals surface area contributed by atoms with Gasteiger partial charge in [0.15, 0.2) is 11.5 Å². The Labute approximate surface area is 167 Å². The first-order valence-corrected chi connectivity index (χ1v) is 11.4. The summed E-state index contributed by atoms with van der Waals surface area (Å²) in [4.78, 5) is 2.32. The molecular formula is C21H28N2O4S. The Bertz CT molecular complexity index is 858. The predicted octanol–water partition coefficient (Wildman–Crippen LogP) is 2.83. The van der Waals surface area contributed by atoms with Gasteiger partial charge in [-0.15, -0.1) is 0 Å². The highest BCUT2D eigenvalue weighted by atomic mass is 32.2. The van der Waals surface area contributed by atoms with Gasteiger partial charge in [0.05, 0.1) is 13.4 Å².